The van der Waals surface area contributed by atoms with Crippen LogP contribution in [0.5, 0.6) is 0 Å². The van der Waals surface area contributed by atoms with Gasteiger partial charge in [-0.2, -0.15) is 0 Å². The van der Waals surface area contributed by atoms with Crippen LogP contribution in [-0.4, -0.2) is 69.7 Å². The third-order valence-electron chi connectivity index (χ3n) is 3.77. The predicted molar refractivity (Wildman–Crippen MR) is 74.3 cm³/mol. The number of rotatable bonds is 6. The summed E-state index contributed by atoms with van der Waals surface area (Å²) >= 11 is 0. The summed E-state index contributed by atoms with van der Waals surface area (Å²) in [4.78, 5) is 14.1. The minimum atomic E-state index is -0.0757. The van der Waals surface area contributed by atoms with Gasteiger partial charge < -0.3 is 19.5 Å². The van der Waals surface area contributed by atoms with Gasteiger partial charge >= 0.3 is 0 Å². The van der Waals surface area contributed by atoms with Crippen LogP contribution >= 0.6 is 0 Å². The summed E-state index contributed by atoms with van der Waals surface area (Å²) < 4.78 is 16.2. The molecule has 20 heavy (non-hydrogen) atoms. The van der Waals surface area contributed by atoms with E-state index >= 15 is 0 Å². The van der Waals surface area contributed by atoms with E-state index in [9.17, 15) is 4.79 Å². The van der Waals surface area contributed by atoms with Crippen LogP contribution in [-0.2, 0) is 19.0 Å². The number of nitrogens with one attached hydrogen (secondary N) is 1. The molecule has 1 N–H and O–H groups in total. The van der Waals surface area contributed by atoms with Crippen molar-refractivity contribution < 1.29 is 19.0 Å². The lowest BCUT2D eigenvalue weighted by Gasteiger charge is -2.34. The molecule has 2 saturated heterocycles. The third-order valence-corrected chi connectivity index (χ3v) is 3.77. The Kier molecular flexibility index (Phi) is 6.22. The number of carbonyl (C=O) groups excluding carboxylic acids is 1. The quantitative estimate of drug-likeness (QED) is 0.757. The number of methoxy groups -OCH3 is 1. The Hall–Kier alpha value is -0.690. The van der Waals surface area contributed by atoms with Crippen molar-refractivity contribution >= 4 is 5.91 Å². The van der Waals surface area contributed by atoms with Gasteiger partial charge in [-0.15, -0.1) is 0 Å². The first-order chi connectivity index (χ1) is 9.69. The summed E-state index contributed by atoms with van der Waals surface area (Å²) in [5.74, 6) is 0.443. The van der Waals surface area contributed by atoms with Crippen LogP contribution in [0.25, 0.3) is 0 Å². The molecule has 0 aromatic rings. The Morgan fingerprint density at radius 2 is 2.20 bits per heavy atom. The fourth-order valence-electron chi connectivity index (χ4n) is 2.92. The average molecular weight is 286 g/mol. The molecule has 0 saturated carbocycles. The van der Waals surface area contributed by atoms with Crippen molar-refractivity contribution in [3.8, 4) is 0 Å². The van der Waals surface area contributed by atoms with Crippen LogP contribution in [0.1, 0.15) is 19.8 Å². The molecule has 0 spiro atoms. The molecule has 2 unspecified atom stereocenters. The Labute approximate surface area is 120 Å². The first-order valence-electron chi connectivity index (χ1n) is 7.43. The Bertz CT molecular complexity index is 308. The Balaban J connectivity index is 1.73. The monoisotopic (exact) mass is 286 g/mol. The van der Waals surface area contributed by atoms with Crippen LogP contribution < -0.4 is 5.32 Å². The summed E-state index contributed by atoms with van der Waals surface area (Å²) in [6, 6.07) is 0.0505. The molecular formula is C14H26N2O4. The van der Waals surface area contributed by atoms with Crippen molar-refractivity contribution in [2.75, 3.05) is 46.6 Å². The van der Waals surface area contributed by atoms with Crippen LogP contribution in [0.4, 0.5) is 0 Å². The highest BCUT2D eigenvalue weighted by atomic mass is 16.7. The van der Waals surface area contributed by atoms with Crippen LogP contribution in [0.3, 0.4) is 0 Å². The summed E-state index contributed by atoms with van der Waals surface area (Å²) in [6.07, 6.45) is 2.13. The van der Waals surface area contributed by atoms with Crippen molar-refractivity contribution in [1.82, 2.24) is 10.2 Å². The van der Waals surface area contributed by atoms with Crippen molar-refractivity contribution in [2.24, 2.45) is 5.92 Å². The molecule has 0 aliphatic carbocycles. The molecule has 2 heterocycles. The summed E-state index contributed by atoms with van der Waals surface area (Å²) in [5.41, 5.74) is 0. The first kappa shape index (κ1) is 15.7. The minimum absolute atomic E-state index is 0.0505. The second kappa shape index (κ2) is 7.93. The molecule has 2 aliphatic heterocycles. The molecule has 2 atom stereocenters. The molecule has 1 amide bonds. The van der Waals surface area contributed by atoms with Crippen molar-refractivity contribution in [3.05, 3.63) is 0 Å². The van der Waals surface area contributed by atoms with Crippen LogP contribution in [0, 0.1) is 5.92 Å². The Morgan fingerprint density at radius 3 is 2.90 bits per heavy atom. The van der Waals surface area contributed by atoms with Crippen molar-refractivity contribution in [3.63, 3.8) is 0 Å². The number of amides is 1. The lowest BCUT2D eigenvalue weighted by atomic mass is 9.97. The van der Waals surface area contributed by atoms with Crippen molar-refractivity contribution in [2.45, 2.75) is 32.1 Å². The smallest absolute Gasteiger partial charge is 0.234 e. The van der Waals surface area contributed by atoms with E-state index in [4.69, 9.17) is 14.2 Å². The van der Waals surface area contributed by atoms with Crippen LogP contribution in [0.2, 0.25) is 0 Å². The van der Waals surface area contributed by atoms with E-state index in [2.05, 4.69) is 10.2 Å². The second-order valence-electron chi connectivity index (χ2n) is 5.67. The molecular weight excluding hydrogens is 260 g/mol. The largest absolute Gasteiger partial charge is 0.383 e. The highest BCUT2D eigenvalue weighted by Crippen LogP contribution is 2.24. The van der Waals surface area contributed by atoms with E-state index in [1.807, 2.05) is 6.92 Å². The maximum Gasteiger partial charge on any atom is 0.234 e. The van der Waals surface area contributed by atoms with E-state index < -0.39 is 0 Å². The van der Waals surface area contributed by atoms with Gasteiger partial charge in [0.15, 0.2) is 6.29 Å². The summed E-state index contributed by atoms with van der Waals surface area (Å²) in [7, 11) is 1.64. The van der Waals surface area contributed by atoms with Gasteiger partial charge in [0.1, 0.15) is 0 Å². The van der Waals surface area contributed by atoms with E-state index in [0.717, 1.165) is 25.9 Å². The molecule has 0 radical (unpaired) electrons. The number of ether oxygens (including phenoxy) is 3. The molecule has 2 rings (SSSR count). The van der Waals surface area contributed by atoms with Crippen LogP contribution in [0.15, 0.2) is 0 Å². The molecule has 0 aromatic carbocycles. The zero-order chi connectivity index (χ0) is 14.4. The summed E-state index contributed by atoms with van der Waals surface area (Å²) in [6.45, 7) is 6.15. The van der Waals surface area contributed by atoms with E-state index in [-0.39, 0.29) is 18.2 Å². The van der Waals surface area contributed by atoms with Gasteiger partial charge in [0.25, 0.3) is 0 Å². The van der Waals surface area contributed by atoms with Gasteiger partial charge in [-0.25, -0.2) is 0 Å². The highest BCUT2D eigenvalue weighted by molar-refractivity contribution is 5.78. The van der Waals surface area contributed by atoms with Gasteiger partial charge in [-0.1, -0.05) is 0 Å². The zero-order valence-electron chi connectivity index (χ0n) is 12.5. The zero-order valence-corrected chi connectivity index (χ0v) is 12.5. The number of piperidine rings is 1. The normalized spacial score (nSPS) is 26.6. The fraction of sp³-hybridized carbons (Fsp3) is 0.929. The number of hydrogen-bond acceptors (Lipinski definition) is 5. The van der Waals surface area contributed by atoms with E-state index in [1.54, 1.807) is 7.11 Å². The van der Waals surface area contributed by atoms with Gasteiger partial charge in [-0.3, -0.25) is 9.69 Å². The number of likely N-dealkylation sites (tertiary alicyclic amines) is 1. The fourth-order valence-corrected chi connectivity index (χ4v) is 2.92. The highest BCUT2D eigenvalue weighted by Gasteiger charge is 2.31. The molecule has 116 valence electrons. The van der Waals surface area contributed by atoms with Gasteiger partial charge in [0.2, 0.25) is 5.91 Å². The molecule has 0 aromatic heterocycles. The lowest BCUT2D eigenvalue weighted by Crippen LogP contribution is -2.47. The SMILES string of the molecule is COCC(C)NC(=O)CN1CCCC(C2OCCO2)C1. The maximum atomic E-state index is 12.0. The van der Waals surface area contributed by atoms with Gasteiger partial charge in [-0.05, 0) is 26.3 Å². The lowest BCUT2D eigenvalue weighted by molar-refractivity contribution is -0.126. The molecule has 2 fully saturated rings. The number of carbonyl (C=O) groups is 1. The van der Waals surface area contributed by atoms with Gasteiger partial charge in [0, 0.05) is 25.6 Å². The molecule has 2 aliphatic rings. The number of hydrogen-bond donors (Lipinski definition) is 1. The van der Waals surface area contributed by atoms with Crippen molar-refractivity contribution in [1.29, 1.82) is 0 Å². The maximum absolute atomic E-state index is 12.0. The predicted octanol–water partition coefficient (Wildman–Crippen LogP) is 0.222. The average Bonchev–Trinajstić information content (AvgIpc) is 2.92. The number of nitrogens with zero attached hydrogens (tertiary/aromatic N) is 1. The minimum Gasteiger partial charge on any atom is -0.383 e. The summed E-state index contributed by atoms with van der Waals surface area (Å²) in [5, 5.41) is 2.94. The van der Waals surface area contributed by atoms with E-state index in [1.165, 1.54) is 0 Å². The third kappa shape index (κ3) is 4.70. The topological polar surface area (TPSA) is 60.0 Å². The molecule has 6 nitrogen and oxygen atoms in total. The molecule has 6 heteroatoms. The standard InChI is InChI=1S/C14H26N2O4/c1-11(10-18-2)15-13(17)9-16-5-3-4-12(8-16)14-19-6-7-20-14/h11-12,14H,3-10H2,1-2H3,(H,15,17). The first-order valence-corrected chi connectivity index (χ1v) is 7.43. The van der Waals surface area contributed by atoms with Gasteiger partial charge in [0.05, 0.1) is 26.4 Å². The van der Waals surface area contributed by atoms with E-state index in [0.29, 0.717) is 32.3 Å². The Morgan fingerprint density at radius 1 is 1.45 bits per heavy atom. The molecule has 0 bridgehead atoms. The second-order valence-corrected chi connectivity index (χ2v) is 5.67.